The minimum atomic E-state index is -3.76. The van der Waals surface area contributed by atoms with E-state index in [1.54, 1.807) is 49.4 Å². The molecule has 0 aliphatic heterocycles. The Morgan fingerprint density at radius 2 is 1.83 bits per heavy atom. The molecule has 0 amide bonds. The van der Waals surface area contributed by atoms with Crippen LogP contribution in [-0.4, -0.2) is 21.0 Å². The summed E-state index contributed by atoms with van der Waals surface area (Å²) in [5, 5.41) is 0.152. The van der Waals surface area contributed by atoms with Crippen LogP contribution in [0.3, 0.4) is 0 Å². The summed E-state index contributed by atoms with van der Waals surface area (Å²) in [5.41, 5.74) is 1.13. The van der Waals surface area contributed by atoms with Crippen molar-refractivity contribution in [2.75, 3.05) is 11.3 Å². The maximum Gasteiger partial charge on any atom is 0.330 e. The van der Waals surface area contributed by atoms with E-state index < -0.39 is 16.0 Å². The Hall–Kier alpha value is -2.31. The van der Waals surface area contributed by atoms with Crippen molar-refractivity contribution in [2.24, 2.45) is 0 Å². The highest BCUT2D eigenvalue weighted by atomic mass is 35.5. The number of anilines is 1. The first-order valence-electron chi connectivity index (χ1n) is 7.14. The molecule has 24 heavy (non-hydrogen) atoms. The van der Waals surface area contributed by atoms with Crippen LogP contribution in [0.15, 0.2) is 59.5 Å². The Morgan fingerprint density at radius 1 is 1.17 bits per heavy atom. The van der Waals surface area contributed by atoms with Gasteiger partial charge in [-0.1, -0.05) is 35.9 Å². The summed E-state index contributed by atoms with van der Waals surface area (Å²) in [6.45, 7) is 2.04. The number of rotatable bonds is 6. The number of nitrogens with one attached hydrogen (secondary N) is 1. The Bertz CT molecular complexity index is 845. The zero-order valence-electron chi connectivity index (χ0n) is 12.9. The average molecular weight is 366 g/mol. The fourth-order valence-electron chi connectivity index (χ4n) is 1.89. The highest BCUT2D eigenvalue weighted by Gasteiger charge is 2.17. The zero-order valence-corrected chi connectivity index (χ0v) is 14.5. The lowest BCUT2D eigenvalue weighted by Gasteiger charge is -2.09. The molecule has 0 atom stereocenters. The van der Waals surface area contributed by atoms with Crippen LogP contribution in [-0.2, 0) is 19.6 Å². The number of sulfonamides is 1. The van der Waals surface area contributed by atoms with Crippen molar-refractivity contribution in [2.45, 2.75) is 11.8 Å². The van der Waals surface area contributed by atoms with Gasteiger partial charge in [-0.25, -0.2) is 13.2 Å². The van der Waals surface area contributed by atoms with E-state index in [-0.39, 0.29) is 9.92 Å². The number of carbonyl (C=O) groups is 1. The van der Waals surface area contributed by atoms with Crippen molar-refractivity contribution in [1.29, 1.82) is 0 Å². The first kappa shape index (κ1) is 18.0. The monoisotopic (exact) mass is 365 g/mol. The molecule has 7 heteroatoms. The predicted octanol–water partition coefficient (Wildman–Crippen LogP) is 3.72. The topological polar surface area (TPSA) is 72.5 Å². The molecule has 0 heterocycles. The molecule has 0 saturated heterocycles. The Balaban J connectivity index is 2.12. The van der Waals surface area contributed by atoms with Gasteiger partial charge >= 0.3 is 5.97 Å². The second-order valence-electron chi connectivity index (χ2n) is 4.74. The van der Waals surface area contributed by atoms with E-state index in [0.29, 0.717) is 12.3 Å². The number of carbonyl (C=O) groups excluding carboxylic acids is 1. The molecular weight excluding hydrogens is 350 g/mol. The summed E-state index contributed by atoms with van der Waals surface area (Å²) in [6.07, 6.45) is 2.90. The molecule has 0 fully saturated rings. The normalized spacial score (nSPS) is 11.4. The van der Waals surface area contributed by atoms with Crippen LogP contribution in [0.1, 0.15) is 12.5 Å². The van der Waals surface area contributed by atoms with E-state index in [9.17, 15) is 13.2 Å². The second-order valence-corrected chi connectivity index (χ2v) is 6.80. The highest BCUT2D eigenvalue weighted by molar-refractivity contribution is 7.92. The minimum Gasteiger partial charge on any atom is -0.463 e. The van der Waals surface area contributed by atoms with Gasteiger partial charge < -0.3 is 4.74 Å². The molecule has 1 N–H and O–H groups in total. The number of halogens is 1. The molecule has 0 aromatic heterocycles. The highest BCUT2D eigenvalue weighted by Crippen LogP contribution is 2.23. The van der Waals surface area contributed by atoms with Gasteiger partial charge in [0, 0.05) is 11.8 Å². The molecule has 0 unspecified atom stereocenters. The van der Waals surface area contributed by atoms with Gasteiger partial charge in [0.1, 0.15) is 4.90 Å². The maximum atomic E-state index is 12.3. The van der Waals surface area contributed by atoms with Gasteiger partial charge in [0.25, 0.3) is 10.0 Å². The second kappa shape index (κ2) is 7.99. The predicted molar refractivity (Wildman–Crippen MR) is 94.4 cm³/mol. The summed E-state index contributed by atoms with van der Waals surface area (Å²) in [6, 6.07) is 12.8. The fraction of sp³-hybridized carbons (Fsp3) is 0.118. The van der Waals surface area contributed by atoms with E-state index in [1.807, 2.05) is 0 Å². The lowest BCUT2D eigenvalue weighted by atomic mass is 10.2. The summed E-state index contributed by atoms with van der Waals surface area (Å²) in [7, 11) is -3.76. The first-order valence-corrected chi connectivity index (χ1v) is 9.01. The molecule has 0 aliphatic carbocycles. The molecule has 5 nitrogen and oxygen atoms in total. The minimum absolute atomic E-state index is 0.0120. The van der Waals surface area contributed by atoms with Crippen molar-refractivity contribution < 1.29 is 17.9 Å². The van der Waals surface area contributed by atoms with Crippen molar-refractivity contribution in [1.82, 2.24) is 0 Å². The molecule has 2 rings (SSSR count). The van der Waals surface area contributed by atoms with Crippen molar-refractivity contribution in [3.05, 3.63) is 65.2 Å². The van der Waals surface area contributed by atoms with Crippen LogP contribution in [0.25, 0.3) is 6.08 Å². The summed E-state index contributed by atoms with van der Waals surface area (Å²) >= 11 is 5.92. The molecule has 0 aliphatic rings. The SMILES string of the molecule is CCOC(=O)/C=C/c1ccc(NS(=O)(=O)c2ccccc2Cl)cc1. The quantitative estimate of drug-likeness (QED) is 0.625. The van der Waals surface area contributed by atoms with Crippen LogP contribution in [0.4, 0.5) is 5.69 Å². The van der Waals surface area contributed by atoms with E-state index in [4.69, 9.17) is 16.3 Å². The maximum absolute atomic E-state index is 12.3. The van der Waals surface area contributed by atoms with Crippen molar-refractivity contribution in [3.63, 3.8) is 0 Å². The molecule has 0 spiro atoms. The van der Waals surface area contributed by atoms with Gasteiger partial charge in [0.2, 0.25) is 0 Å². The Morgan fingerprint density at radius 3 is 2.46 bits per heavy atom. The van der Waals surface area contributed by atoms with Gasteiger partial charge in [-0.15, -0.1) is 0 Å². The summed E-state index contributed by atoms with van der Waals surface area (Å²) in [4.78, 5) is 11.3. The van der Waals surface area contributed by atoms with Crippen LogP contribution >= 0.6 is 11.6 Å². The third kappa shape index (κ3) is 4.84. The van der Waals surface area contributed by atoms with E-state index in [0.717, 1.165) is 5.56 Å². The average Bonchev–Trinajstić information content (AvgIpc) is 2.54. The number of hydrogen-bond acceptors (Lipinski definition) is 4. The molecular formula is C17H16ClNO4S. The Kier molecular flexibility index (Phi) is 6.00. The third-order valence-corrected chi connectivity index (χ3v) is 4.87. The van der Waals surface area contributed by atoms with Crippen molar-refractivity contribution >= 4 is 39.4 Å². The summed E-state index contributed by atoms with van der Waals surface area (Å²) in [5.74, 6) is -0.430. The molecule has 126 valence electrons. The summed E-state index contributed by atoms with van der Waals surface area (Å²) < 4.78 is 31.9. The first-order chi connectivity index (χ1) is 11.4. The van der Waals surface area contributed by atoms with Crippen LogP contribution in [0.2, 0.25) is 5.02 Å². The van der Waals surface area contributed by atoms with Crippen molar-refractivity contribution in [3.8, 4) is 0 Å². The molecule has 2 aromatic carbocycles. The van der Waals surface area contributed by atoms with Gasteiger partial charge in [0.05, 0.1) is 11.6 Å². The molecule has 0 radical (unpaired) electrons. The third-order valence-electron chi connectivity index (χ3n) is 2.99. The number of ether oxygens (including phenoxy) is 1. The Labute approximate surface area is 146 Å². The number of esters is 1. The number of hydrogen-bond donors (Lipinski definition) is 1. The van der Waals surface area contributed by atoms with Crippen LogP contribution < -0.4 is 4.72 Å². The van der Waals surface area contributed by atoms with Gasteiger partial charge in [-0.2, -0.15) is 0 Å². The standard InChI is InChI=1S/C17H16ClNO4S/c1-2-23-17(20)12-9-13-7-10-14(11-8-13)19-24(21,22)16-6-4-3-5-15(16)18/h3-12,19H,2H2,1H3/b12-9+. The van der Waals surface area contributed by atoms with Gasteiger partial charge in [0.15, 0.2) is 0 Å². The van der Waals surface area contributed by atoms with E-state index >= 15 is 0 Å². The largest absolute Gasteiger partial charge is 0.463 e. The van der Waals surface area contributed by atoms with E-state index in [1.165, 1.54) is 18.2 Å². The smallest absolute Gasteiger partial charge is 0.330 e. The number of benzene rings is 2. The van der Waals surface area contributed by atoms with Gasteiger partial charge in [-0.05, 0) is 42.8 Å². The van der Waals surface area contributed by atoms with E-state index in [2.05, 4.69) is 4.72 Å². The molecule has 2 aromatic rings. The van der Waals surface area contributed by atoms with Gasteiger partial charge in [-0.3, -0.25) is 4.72 Å². The molecule has 0 bridgehead atoms. The molecule has 0 saturated carbocycles. The van der Waals surface area contributed by atoms with Crippen LogP contribution in [0.5, 0.6) is 0 Å². The lowest BCUT2D eigenvalue weighted by molar-refractivity contribution is -0.137. The zero-order chi connectivity index (χ0) is 17.6. The van der Waals surface area contributed by atoms with Crippen LogP contribution in [0, 0.1) is 0 Å². The fourth-order valence-corrected chi connectivity index (χ4v) is 3.47. The lowest BCUT2D eigenvalue weighted by Crippen LogP contribution is -2.13.